The Hall–Kier alpha value is -0.510. The Kier molecular flexibility index (Phi) is 5.80. The number of rotatable bonds is 5. The summed E-state index contributed by atoms with van der Waals surface area (Å²) in [7, 11) is 0. The summed E-state index contributed by atoms with van der Waals surface area (Å²) in [5, 5.41) is 8.51. The van der Waals surface area contributed by atoms with Crippen LogP contribution in [-0.2, 0) is 9.59 Å². The molecule has 0 aromatic heterocycles. The van der Waals surface area contributed by atoms with E-state index in [2.05, 4.69) is 0 Å². The van der Waals surface area contributed by atoms with Crippen LogP contribution in [0, 0.1) is 5.92 Å². The number of hydrogen-bond acceptors (Lipinski definition) is 3. The quantitative estimate of drug-likeness (QED) is 0.717. The summed E-state index contributed by atoms with van der Waals surface area (Å²) in [6, 6.07) is 0. The van der Waals surface area contributed by atoms with E-state index in [1.807, 2.05) is 6.92 Å². The Bertz CT molecular complexity index is 168. The molecule has 0 aliphatic carbocycles. The SMILES string of the molecule is CC(=O)SCCC(C)CC(=O)O. The van der Waals surface area contributed by atoms with Gasteiger partial charge in [0.05, 0.1) is 0 Å². The first-order valence-electron chi connectivity index (χ1n) is 3.87. The largest absolute Gasteiger partial charge is 0.481 e. The number of carbonyl (C=O) groups is 2. The maximum Gasteiger partial charge on any atom is 0.303 e. The average Bonchev–Trinajstić information content (AvgIpc) is 1.84. The molecule has 70 valence electrons. The highest BCUT2D eigenvalue weighted by molar-refractivity contribution is 8.13. The average molecular weight is 190 g/mol. The Morgan fingerprint density at radius 1 is 1.50 bits per heavy atom. The fraction of sp³-hybridized carbons (Fsp3) is 0.750. The Morgan fingerprint density at radius 2 is 2.08 bits per heavy atom. The molecule has 1 unspecified atom stereocenters. The molecule has 0 fully saturated rings. The first-order chi connectivity index (χ1) is 5.52. The molecule has 0 saturated heterocycles. The lowest BCUT2D eigenvalue weighted by Gasteiger charge is -2.05. The summed E-state index contributed by atoms with van der Waals surface area (Å²) >= 11 is 1.25. The monoisotopic (exact) mass is 190 g/mol. The highest BCUT2D eigenvalue weighted by Crippen LogP contribution is 2.12. The predicted molar refractivity (Wildman–Crippen MR) is 49.2 cm³/mol. The van der Waals surface area contributed by atoms with Gasteiger partial charge in [-0.25, -0.2) is 0 Å². The summed E-state index contributed by atoms with van der Waals surface area (Å²) in [4.78, 5) is 20.7. The summed E-state index contributed by atoms with van der Waals surface area (Å²) < 4.78 is 0. The van der Waals surface area contributed by atoms with Gasteiger partial charge in [0.25, 0.3) is 0 Å². The molecule has 0 aromatic carbocycles. The van der Waals surface area contributed by atoms with Gasteiger partial charge in [-0.1, -0.05) is 18.7 Å². The number of aliphatic carboxylic acids is 1. The van der Waals surface area contributed by atoms with Crippen molar-refractivity contribution in [1.82, 2.24) is 0 Å². The van der Waals surface area contributed by atoms with E-state index < -0.39 is 5.97 Å². The van der Waals surface area contributed by atoms with Crippen molar-refractivity contribution in [3.05, 3.63) is 0 Å². The number of hydrogen-bond donors (Lipinski definition) is 1. The van der Waals surface area contributed by atoms with E-state index in [0.29, 0.717) is 0 Å². The molecule has 0 amide bonds. The molecule has 1 atom stereocenters. The Morgan fingerprint density at radius 3 is 2.50 bits per heavy atom. The van der Waals surface area contributed by atoms with Crippen LogP contribution in [-0.4, -0.2) is 21.9 Å². The van der Waals surface area contributed by atoms with Crippen LogP contribution in [0.3, 0.4) is 0 Å². The number of carboxylic acid groups (broad SMARTS) is 1. The van der Waals surface area contributed by atoms with Gasteiger partial charge in [-0.15, -0.1) is 0 Å². The molecule has 0 spiro atoms. The molecule has 0 radical (unpaired) electrons. The third kappa shape index (κ3) is 7.60. The number of carboxylic acids is 1. The number of carbonyl (C=O) groups excluding carboxylic acids is 1. The van der Waals surface area contributed by atoms with Crippen molar-refractivity contribution < 1.29 is 14.7 Å². The standard InChI is InChI=1S/C8H14O3S/c1-6(5-8(10)11)3-4-12-7(2)9/h6H,3-5H2,1-2H3,(H,10,11). The van der Waals surface area contributed by atoms with E-state index in [1.54, 1.807) is 0 Å². The van der Waals surface area contributed by atoms with Crippen LogP contribution in [0.15, 0.2) is 0 Å². The third-order valence-electron chi connectivity index (χ3n) is 1.44. The molecule has 1 N–H and O–H groups in total. The minimum Gasteiger partial charge on any atom is -0.481 e. The molecule has 0 aromatic rings. The number of thioether (sulfide) groups is 1. The summed E-state index contributed by atoms with van der Waals surface area (Å²) in [5.74, 6) is 0.119. The van der Waals surface area contributed by atoms with Crippen molar-refractivity contribution in [3.63, 3.8) is 0 Å². The van der Waals surface area contributed by atoms with Gasteiger partial charge in [-0.05, 0) is 12.3 Å². The lowest BCUT2D eigenvalue weighted by atomic mass is 10.1. The van der Waals surface area contributed by atoms with E-state index in [9.17, 15) is 9.59 Å². The van der Waals surface area contributed by atoms with Crippen LogP contribution in [0.4, 0.5) is 0 Å². The van der Waals surface area contributed by atoms with Crippen molar-refractivity contribution in [2.24, 2.45) is 5.92 Å². The maximum atomic E-state index is 10.5. The molecule has 4 heteroatoms. The second-order valence-electron chi connectivity index (χ2n) is 2.83. The lowest BCUT2D eigenvalue weighted by Crippen LogP contribution is -2.05. The minimum atomic E-state index is -0.768. The molecule has 0 aliphatic rings. The van der Waals surface area contributed by atoms with Gasteiger partial charge in [0.15, 0.2) is 5.12 Å². The van der Waals surface area contributed by atoms with Gasteiger partial charge < -0.3 is 5.11 Å². The zero-order valence-corrected chi connectivity index (χ0v) is 8.19. The lowest BCUT2D eigenvalue weighted by molar-refractivity contribution is -0.137. The molecule has 3 nitrogen and oxygen atoms in total. The molecule has 0 bridgehead atoms. The van der Waals surface area contributed by atoms with Gasteiger partial charge >= 0.3 is 5.97 Å². The van der Waals surface area contributed by atoms with Crippen LogP contribution in [0.1, 0.15) is 26.7 Å². The van der Waals surface area contributed by atoms with Crippen LogP contribution < -0.4 is 0 Å². The predicted octanol–water partition coefficient (Wildman–Crippen LogP) is 1.77. The van der Waals surface area contributed by atoms with Crippen molar-refractivity contribution in [1.29, 1.82) is 0 Å². The van der Waals surface area contributed by atoms with Gasteiger partial charge in [0.1, 0.15) is 0 Å². The maximum absolute atomic E-state index is 10.5. The van der Waals surface area contributed by atoms with E-state index >= 15 is 0 Å². The summed E-state index contributed by atoms with van der Waals surface area (Å²) in [6.07, 6.45) is 0.981. The van der Waals surface area contributed by atoms with Gasteiger partial charge in [-0.3, -0.25) is 9.59 Å². The van der Waals surface area contributed by atoms with Crippen molar-refractivity contribution in [3.8, 4) is 0 Å². The smallest absolute Gasteiger partial charge is 0.303 e. The second-order valence-corrected chi connectivity index (χ2v) is 4.10. The van der Waals surface area contributed by atoms with Crippen LogP contribution >= 0.6 is 11.8 Å². The van der Waals surface area contributed by atoms with Crippen LogP contribution in [0.5, 0.6) is 0 Å². The highest BCUT2D eigenvalue weighted by Gasteiger charge is 2.07. The molecular formula is C8H14O3S. The zero-order chi connectivity index (χ0) is 9.56. The van der Waals surface area contributed by atoms with Crippen LogP contribution in [0.25, 0.3) is 0 Å². The topological polar surface area (TPSA) is 54.4 Å². The molecule has 0 rings (SSSR count). The summed E-state index contributed by atoms with van der Waals surface area (Å²) in [6.45, 7) is 3.40. The molecular weight excluding hydrogens is 176 g/mol. The fourth-order valence-corrected chi connectivity index (χ4v) is 1.61. The fourth-order valence-electron chi connectivity index (χ4n) is 0.804. The van der Waals surface area contributed by atoms with Gasteiger partial charge in [0, 0.05) is 19.1 Å². The molecule has 12 heavy (non-hydrogen) atoms. The van der Waals surface area contributed by atoms with Gasteiger partial charge in [0.2, 0.25) is 0 Å². The summed E-state index contributed by atoms with van der Waals surface area (Å²) in [5.41, 5.74) is 0. The zero-order valence-electron chi connectivity index (χ0n) is 7.37. The second kappa shape index (κ2) is 6.06. The van der Waals surface area contributed by atoms with Crippen molar-refractivity contribution in [2.45, 2.75) is 26.7 Å². The van der Waals surface area contributed by atoms with E-state index in [0.717, 1.165) is 12.2 Å². The van der Waals surface area contributed by atoms with Crippen LogP contribution in [0.2, 0.25) is 0 Å². The Balaban J connectivity index is 3.37. The third-order valence-corrected chi connectivity index (χ3v) is 2.29. The normalized spacial score (nSPS) is 12.5. The molecule has 0 heterocycles. The van der Waals surface area contributed by atoms with E-state index in [1.165, 1.54) is 18.7 Å². The van der Waals surface area contributed by atoms with Gasteiger partial charge in [-0.2, -0.15) is 0 Å². The van der Waals surface area contributed by atoms with E-state index in [4.69, 9.17) is 5.11 Å². The molecule has 0 saturated carbocycles. The Labute approximate surface area is 76.5 Å². The van der Waals surface area contributed by atoms with Crippen molar-refractivity contribution in [2.75, 3.05) is 5.75 Å². The highest BCUT2D eigenvalue weighted by atomic mass is 32.2. The molecule has 0 aliphatic heterocycles. The first-order valence-corrected chi connectivity index (χ1v) is 4.86. The van der Waals surface area contributed by atoms with E-state index in [-0.39, 0.29) is 17.5 Å². The minimum absolute atomic E-state index is 0.0949. The van der Waals surface area contributed by atoms with Crippen molar-refractivity contribution >= 4 is 22.8 Å². The first kappa shape index (κ1) is 11.5.